The monoisotopic (exact) mass is 477 g/mol. The molecule has 0 aromatic carbocycles. The van der Waals surface area contributed by atoms with Crippen molar-refractivity contribution in [3.8, 4) is 0 Å². The number of amides is 3. The first-order valence-electron chi connectivity index (χ1n) is 11.8. The molecule has 3 unspecified atom stereocenters. The normalized spacial score (nSPS) is 32.6. The van der Waals surface area contributed by atoms with Gasteiger partial charge in [0.2, 0.25) is 17.7 Å². The van der Waals surface area contributed by atoms with Crippen LogP contribution in [0.3, 0.4) is 0 Å². The lowest BCUT2D eigenvalue weighted by atomic mass is 9.65. The van der Waals surface area contributed by atoms with Crippen LogP contribution in [-0.4, -0.2) is 92.4 Å². The number of nitrogens with zero attached hydrogens (tertiary/aromatic N) is 3. The van der Waals surface area contributed by atoms with Crippen LogP contribution in [0.1, 0.15) is 40.5 Å². The molecule has 0 radical (unpaired) electrons. The number of carbonyl (C=O) groups is 3. The Labute approximate surface area is 202 Å². The first kappa shape index (κ1) is 25.8. The maximum absolute atomic E-state index is 14.2. The standard InChI is InChI=1S/C25H39N3O4S/c1-8-11-26(7)21(30)18-17-15-16(3)25(33-17)19(18)22(31)27(13-10-14-29)20(25)23(32)28(12-9-2)24(4,5)6/h8-9,16-20,29H,1-2,10-15H2,3-7H3/t16?,17-,18+,19-,20?,25?/m0/s1. The average molecular weight is 478 g/mol. The number of aliphatic hydroxyl groups is 1. The molecule has 184 valence electrons. The molecular weight excluding hydrogens is 438 g/mol. The summed E-state index contributed by atoms with van der Waals surface area (Å²) < 4.78 is -0.645. The highest BCUT2D eigenvalue weighted by molar-refractivity contribution is 8.02. The smallest absolute Gasteiger partial charge is 0.247 e. The van der Waals surface area contributed by atoms with E-state index in [4.69, 9.17) is 0 Å². The first-order chi connectivity index (χ1) is 15.5. The predicted molar refractivity (Wildman–Crippen MR) is 132 cm³/mol. The molecule has 33 heavy (non-hydrogen) atoms. The maximum Gasteiger partial charge on any atom is 0.247 e. The highest BCUT2D eigenvalue weighted by atomic mass is 32.2. The maximum atomic E-state index is 14.2. The Bertz CT molecular complexity index is 825. The molecule has 0 aromatic rings. The molecule has 3 saturated heterocycles. The zero-order valence-electron chi connectivity index (χ0n) is 20.6. The summed E-state index contributed by atoms with van der Waals surface area (Å²) in [6, 6.07) is -0.659. The number of aliphatic hydroxyl groups excluding tert-OH is 1. The number of hydrogen-bond donors (Lipinski definition) is 1. The van der Waals surface area contributed by atoms with Crippen LogP contribution in [0.4, 0.5) is 0 Å². The second-order valence-electron chi connectivity index (χ2n) is 10.6. The van der Waals surface area contributed by atoms with Gasteiger partial charge in [0.25, 0.3) is 0 Å². The van der Waals surface area contributed by atoms with Crippen LogP contribution in [0.15, 0.2) is 25.3 Å². The fourth-order valence-corrected chi connectivity index (χ4v) is 8.48. The van der Waals surface area contributed by atoms with Crippen molar-refractivity contribution >= 4 is 29.5 Å². The van der Waals surface area contributed by atoms with Crippen LogP contribution in [0, 0.1) is 17.8 Å². The van der Waals surface area contributed by atoms with Crippen molar-refractivity contribution in [2.75, 3.05) is 33.3 Å². The molecule has 0 aromatic heterocycles. The molecule has 3 aliphatic rings. The Balaban J connectivity index is 2.10. The number of hydrogen-bond acceptors (Lipinski definition) is 5. The summed E-state index contributed by atoms with van der Waals surface area (Å²) in [7, 11) is 1.74. The quantitative estimate of drug-likeness (QED) is 0.515. The Hall–Kier alpha value is -1.80. The van der Waals surface area contributed by atoms with Gasteiger partial charge >= 0.3 is 0 Å². The molecule has 1 N–H and O–H groups in total. The summed E-state index contributed by atoms with van der Waals surface area (Å²) in [5.41, 5.74) is -0.449. The minimum absolute atomic E-state index is 0.0199. The molecule has 3 fully saturated rings. The third-order valence-corrected chi connectivity index (χ3v) is 9.56. The van der Waals surface area contributed by atoms with Gasteiger partial charge in [-0.15, -0.1) is 24.9 Å². The lowest BCUT2D eigenvalue weighted by Crippen LogP contribution is -2.60. The topological polar surface area (TPSA) is 81.2 Å². The fraction of sp³-hybridized carbons (Fsp3) is 0.720. The van der Waals surface area contributed by atoms with Gasteiger partial charge in [0.1, 0.15) is 6.04 Å². The predicted octanol–water partition coefficient (Wildman–Crippen LogP) is 2.16. The third-order valence-electron chi connectivity index (χ3n) is 7.49. The van der Waals surface area contributed by atoms with Crippen molar-refractivity contribution in [2.45, 2.75) is 62.1 Å². The van der Waals surface area contributed by atoms with Gasteiger partial charge in [-0.2, -0.15) is 0 Å². The van der Waals surface area contributed by atoms with Gasteiger partial charge < -0.3 is 19.8 Å². The second-order valence-corrected chi connectivity index (χ2v) is 12.1. The Kier molecular flexibility index (Phi) is 7.39. The molecule has 7 nitrogen and oxygen atoms in total. The van der Waals surface area contributed by atoms with Crippen LogP contribution >= 0.6 is 11.8 Å². The summed E-state index contributed by atoms with van der Waals surface area (Å²) in [6.45, 7) is 16.7. The summed E-state index contributed by atoms with van der Waals surface area (Å²) >= 11 is 1.68. The lowest BCUT2D eigenvalue weighted by Gasteiger charge is -2.44. The molecule has 3 heterocycles. The van der Waals surface area contributed by atoms with Gasteiger partial charge in [0.15, 0.2) is 0 Å². The van der Waals surface area contributed by atoms with Crippen LogP contribution in [-0.2, 0) is 14.4 Å². The second kappa shape index (κ2) is 9.45. The third kappa shape index (κ3) is 4.03. The van der Waals surface area contributed by atoms with Crippen molar-refractivity contribution < 1.29 is 19.5 Å². The SMILES string of the molecule is C=CCN(C)C(=O)[C@@H]1[C@@H]2CC(C)C3(S2)C(C(=O)N(CC=C)C(C)(C)C)N(CCCO)C(=O)[C@H]13. The zero-order valence-corrected chi connectivity index (χ0v) is 21.4. The summed E-state index contributed by atoms with van der Waals surface area (Å²) in [5.74, 6) is -1.12. The molecule has 6 atom stereocenters. The molecule has 0 saturated carbocycles. The van der Waals surface area contributed by atoms with E-state index in [2.05, 4.69) is 20.1 Å². The van der Waals surface area contributed by atoms with Gasteiger partial charge in [0, 0.05) is 44.1 Å². The van der Waals surface area contributed by atoms with E-state index in [0.29, 0.717) is 26.1 Å². The van der Waals surface area contributed by atoms with E-state index in [0.717, 1.165) is 6.42 Å². The van der Waals surface area contributed by atoms with Crippen molar-refractivity contribution in [3.05, 3.63) is 25.3 Å². The van der Waals surface area contributed by atoms with E-state index < -0.39 is 28.2 Å². The molecule has 2 bridgehead atoms. The highest BCUT2D eigenvalue weighted by Gasteiger charge is 2.76. The molecular formula is C25H39N3O4S. The Morgan fingerprint density at radius 2 is 1.88 bits per heavy atom. The summed E-state index contributed by atoms with van der Waals surface area (Å²) in [5, 5.41) is 9.51. The van der Waals surface area contributed by atoms with E-state index in [9.17, 15) is 19.5 Å². The highest BCUT2D eigenvalue weighted by Crippen LogP contribution is 2.68. The first-order valence-corrected chi connectivity index (χ1v) is 12.7. The average Bonchev–Trinajstić information content (AvgIpc) is 3.32. The van der Waals surface area contributed by atoms with Crippen molar-refractivity contribution in [1.82, 2.24) is 14.7 Å². The van der Waals surface area contributed by atoms with Crippen molar-refractivity contribution in [3.63, 3.8) is 0 Å². The number of likely N-dealkylation sites (tertiary alicyclic amines) is 1. The van der Waals surface area contributed by atoms with E-state index in [1.165, 1.54) is 0 Å². The van der Waals surface area contributed by atoms with Gasteiger partial charge in [-0.1, -0.05) is 19.1 Å². The van der Waals surface area contributed by atoms with Crippen LogP contribution in [0.5, 0.6) is 0 Å². The number of thioether (sulfide) groups is 1. The van der Waals surface area contributed by atoms with Crippen LogP contribution < -0.4 is 0 Å². The van der Waals surface area contributed by atoms with Crippen LogP contribution in [0.2, 0.25) is 0 Å². The molecule has 1 spiro atoms. The molecule has 0 aliphatic carbocycles. The largest absolute Gasteiger partial charge is 0.396 e. The summed E-state index contributed by atoms with van der Waals surface area (Å²) in [6.07, 6.45) is 4.60. The molecule has 3 amide bonds. The number of likely N-dealkylation sites (N-methyl/N-ethyl adjacent to an activating group) is 1. The number of fused-ring (bicyclic) bond motifs is 1. The molecule has 3 rings (SSSR count). The van der Waals surface area contributed by atoms with E-state index in [-0.39, 0.29) is 35.5 Å². The van der Waals surface area contributed by atoms with E-state index in [1.54, 1.807) is 45.7 Å². The van der Waals surface area contributed by atoms with Crippen molar-refractivity contribution in [2.24, 2.45) is 17.8 Å². The van der Waals surface area contributed by atoms with Gasteiger partial charge in [-0.05, 0) is 39.5 Å². The summed E-state index contributed by atoms with van der Waals surface area (Å²) in [4.78, 5) is 46.7. The van der Waals surface area contributed by atoms with Gasteiger partial charge in [0.05, 0.1) is 16.6 Å². The lowest BCUT2D eigenvalue weighted by molar-refractivity contribution is -0.146. The zero-order chi connectivity index (χ0) is 24.7. The van der Waals surface area contributed by atoms with E-state index in [1.807, 2.05) is 20.8 Å². The Morgan fingerprint density at radius 3 is 2.42 bits per heavy atom. The van der Waals surface area contributed by atoms with Crippen LogP contribution in [0.25, 0.3) is 0 Å². The molecule has 8 heteroatoms. The van der Waals surface area contributed by atoms with Gasteiger partial charge in [-0.3, -0.25) is 14.4 Å². The minimum atomic E-state index is -0.659. The molecule has 3 aliphatic heterocycles. The Morgan fingerprint density at radius 1 is 1.24 bits per heavy atom. The van der Waals surface area contributed by atoms with E-state index >= 15 is 0 Å². The minimum Gasteiger partial charge on any atom is -0.396 e. The number of rotatable bonds is 9. The van der Waals surface area contributed by atoms with Gasteiger partial charge in [-0.25, -0.2) is 0 Å². The fourth-order valence-electron chi connectivity index (χ4n) is 6.07. The van der Waals surface area contributed by atoms with Crippen molar-refractivity contribution in [1.29, 1.82) is 0 Å². The number of carbonyl (C=O) groups excluding carboxylic acids is 3.